The van der Waals surface area contributed by atoms with Crippen molar-refractivity contribution in [3.8, 4) is 0 Å². The monoisotopic (exact) mass is 283 g/mol. The second-order valence-electron chi connectivity index (χ2n) is 8.72. The van der Waals surface area contributed by atoms with Gasteiger partial charge in [0.2, 0.25) is 0 Å². The summed E-state index contributed by atoms with van der Waals surface area (Å²) in [6.45, 7) is 16.2. The first-order valence-corrected chi connectivity index (χ1v) is 8.38. The highest BCUT2D eigenvalue weighted by atomic mass is 16.5. The Labute approximate surface area is 127 Å². The van der Waals surface area contributed by atoms with Gasteiger partial charge in [-0.2, -0.15) is 0 Å². The topological polar surface area (TPSA) is 21.3 Å². The van der Waals surface area contributed by atoms with Crippen molar-refractivity contribution in [2.45, 2.75) is 72.8 Å². The maximum atomic E-state index is 5.29. The second-order valence-corrected chi connectivity index (χ2v) is 8.72. The summed E-state index contributed by atoms with van der Waals surface area (Å²) in [7, 11) is 1.82. The van der Waals surface area contributed by atoms with Gasteiger partial charge in [-0.1, -0.05) is 20.8 Å². The minimum atomic E-state index is 0.229. The molecule has 1 fully saturated rings. The third kappa shape index (κ3) is 6.13. The van der Waals surface area contributed by atoms with Gasteiger partial charge in [0.25, 0.3) is 0 Å². The first-order valence-electron chi connectivity index (χ1n) is 8.38. The van der Waals surface area contributed by atoms with Gasteiger partial charge in [-0.15, -0.1) is 0 Å². The van der Waals surface area contributed by atoms with E-state index >= 15 is 0 Å². The summed E-state index contributed by atoms with van der Waals surface area (Å²) in [5.74, 6) is 2.43. The van der Waals surface area contributed by atoms with Crippen molar-refractivity contribution in [3.63, 3.8) is 0 Å². The Hall–Kier alpha value is -0.0800. The largest absolute Gasteiger partial charge is 0.385 e. The van der Waals surface area contributed by atoms with E-state index in [1.54, 1.807) is 0 Å². The summed E-state index contributed by atoms with van der Waals surface area (Å²) in [4.78, 5) is 0. The molecular weight excluding hydrogens is 246 g/mol. The maximum Gasteiger partial charge on any atom is 0.0464 e. The van der Waals surface area contributed by atoms with E-state index in [-0.39, 0.29) is 5.54 Å². The molecule has 0 amide bonds. The van der Waals surface area contributed by atoms with Crippen LogP contribution in [0.5, 0.6) is 0 Å². The van der Waals surface area contributed by atoms with Gasteiger partial charge in [0, 0.05) is 19.3 Å². The van der Waals surface area contributed by atoms with Crippen molar-refractivity contribution in [1.82, 2.24) is 5.32 Å². The summed E-state index contributed by atoms with van der Waals surface area (Å²) in [6, 6.07) is 0. The van der Waals surface area contributed by atoms with Gasteiger partial charge >= 0.3 is 0 Å². The molecule has 0 heterocycles. The van der Waals surface area contributed by atoms with Gasteiger partial charge in [0.1, 0.15) is 0 Å². The van der Waals surface area contributed by atoms with Gasteiger partial charge in [-0.05, 0) is 76.2 Å². The molecule has 0 aromatic rings. The van der Waals surface area contributed by atoms with Gasteiger partial charge in [-0.25, -0.2) is 0 Å². The molecule has 1 aliphatic carbocycles. The third-order valence-corrected chi connectivity index (χ3v) is 4.99. The number of ether oxygens (including phenoxy) is 1. The number of nitrogens with one attached hydrogen (secondary N) is 1. The standard InChI is InChI=1S/C18H37NO/c1-14(9-11-20-7)16-12-18(5,6)10-8-15(16)13-19-17(2,3)4/h14-16,19H,8-13H2,1-7H3. The van der Waals surface area contributed by atoms with Crippen LogP contribution in [0.2, 0.25) is 0 Å². The average molecular weight is 284 g/mol. The van der Waals surface area contributed by atoms with Crippen LogP contribution in [0, 0.1) is 23.2 Å². The van der Waals surface area contributed by atoms with Crippen LogP contribution in [-0.2, 0) is 4.74 Å². The molecule has 1 N–H and O–H groups in total. The Morgan fingerprint density at radius 1 is 1.30 bits per heavy atom. The summed E-state index contributed by atoms with van der Waals surface area (Å²) in [5, 5.41) is 3.73. The van der Waals surface area contributed by atoms with E-state index in [0.717, 1.165) is 24.4 Å². The van der Waals surface area contributed by atoms with Crippen LogP contribution in [-0.4, -0.2) is 25.8 Å². The quantitative estimate of drug-likeness (QED) is 0.775. The molecule has 1 aliphatic rings. The first-order chi connectivity index (χ1) is 9.14. The van der Waals surface area contributed by atoms with Crippen LogP contribution in [0.3, 0.4) is 0 Å². The fourth-order valence-electron chi connectivity index (χ4n) is 3.57. The minimum Gasteiger partial charge on any atom is -0.385 e. The number of methoxy groups -OCH3 is 1. The summed E-state index contributed by atoms with van der Waals surface area (Å²) in [6.07, 6.45) is 5.31. The van der Waals surface area contributed by atoms with Gasteiger partial charge < -0.3 is 10.1 Å². The highest BCUT2D eigenvalue weighted by molar-refractivity contribution is 4.89. The molecule has 3 atom stereocenters. The molecule has 2 nitrogen and oxygen atoms in total. The lowest BCUT2D eigenvalue weighted by Crippen LogP contribution is -2.44. The molecule has 0 bridgehead atoms. The van der Waals surface area contributed by atoms with E-state index < -0.39 is 0 Å². The molecule has 0 aliphatic heterocycles. The SMILES string of the molecule is COCCC(C)C1CC(C)(C)CCC1CNC(C)(C)C. The van der Waals surface area contributed by atoms with Crippen molar-refractivity contribution in [3.05, 3.63) is 0 Å². The molecule has 3 unspecified atom stereocenters. The zero-order chi connectivity index (χ0) is 15.4. The van der Waals surface area contributed by atoms with Crippen molar-refractivity contribution in [2.75, 3.05) is 20.3 Å². The number of hydrogen-bond acceptors (Lipinski definition) is 2. The Kier molecular flexibility index (Phi) is 6.53. The normalized spacial score (nSPS) is 28.4. The van der Waals surface area contributed by atoms with E-state index in [1.165, 1.54) is 32.2 Å². The van der Waals surface area contributed by atoms with Crippen LogP contribution < -0.4 is 5.32 Å². The second kappa shape index (κ2) is 7.26. The van der Waals surface area contributed by atoms with E-state index in [9.17, 15) is 0 Å². The van der Waals surface area contributed by atoms with Crippen molar-refractivity contribution < 1.29 is 4.74 Å². The van der Waals surface area contributed by atoms with Crippen molar-refractivity contribution in [2.24, 2.45) is 23.2 Å². The van der Waals surface area contributed by atoms with Crippen molar-refractivity contribution >= 4 is 0 Å². The van der Waals surface area contributed by atoms with Crippen LogP contribution in [0.4, 0.5) is 0 Å². The average Bonchev–Trinajstić information content (AvgIpc) is 2.32. The maximum absolute atomic E-state index is 5.29. The highest BCUT2D eigenvalue weighted by Gasteiger charge is 2.37. The fraction of sp³-hybridized carbons (Fsp3) is 1.00. The van der Waals surface area contributed by atoms with Crippen LogP contribution in [0.25, 0.3) is 0 Å². The zero-order valence-electron chi connectivity index (χ0n) is 14.9. The smallest absolute Gasteiger partial charge is 0.0464 e. The minimum absolute atomic E-state index is 0.229. The summed E-state index contributed by atoms with van der Waals surface area (Å²) in [5.41, 5.74) is 0.748. The molecule has 20 heavy (non-hydrogen) atoms. The fourth-order valence-corrected chi connectivity index (χ4v) is 3.57. The Morgan fingerprint density at radius 3 is 2.50 bits per heavy atom. The first kappa shape index (κ1) is 18.0. The van der Waals surface area contributed by atoms with E-state index in [2.05, 4.69) is 46.9 Å². The number of rotatable bonds is 6. The highest BCUT2D eigenvalue weighted by Crippen LogP contribution is 2.45. The zero-order valence-corrected chi connectivity index (χ0v) is 14.9. The molecule has 0 radical (unpaired) electrons. The van der Waals surface area contributed by atoms with E-state index in [4.69, 9.17) is 4.74 Å². The lowest BCUT2D eigenvalue weighted by atomic mass is 9.63. The van der Waals surface area contributed by atoms with E-state index in [1.807, 2.05) is 7.11 Å². The molecule has 0 spiro atoms. The predicted octanol–water partition coefficient (Wildman–Crippen LogP) is 4.49. The summed E-state index contributed by atoms with van der Waals surface area (Å²) >= 11 is 0. The molecule has 0 saturated heterocycles. The van der Waals surface area contributed by atoms with Crippen molar-refractivity contribution in [1.29, 1.82) is 0 Å². The van der Waals surface area contributed by atoms with Crippen LogP contribution >= 0.6 is 0 Å². The number of hydrogen-bond donors (Lipinski definition) is 1. The van der Waals surface area contributed by atoms with Crippen LogP contribution in [0.1, 0.15) is 67.2 Å². The molecular formula is C18H37NO. The Bertz CT molecular complexity index is 280. The molecule has 120 valence electrons. The Morgan fingerprint density at radius 2 is 1.95 bits per heavy atom. The molecule has 1 rings (SSSR count). The Balaban J connectivity index is 2.64. The predicted molar refractivity (Wildman–Crippen MR) is 88.0 cm³/mol. The lowest BCUT2D eigenvalue weighted by Gasteiger charge is -2.44. The molecule has 0 aromatic carbocycles. The third-order valence-electron chi connectivity index (χ3n) is 4.99. The van der Waals surface area contributed by atoms with Gasteiger partial charge in [-0.3, -0.25) is 0 Å². The molecule has 2 heteroatoms. The van der Waals surface area contributed by atoms with E-state index in [0.29, 0.717) is 5.41 Å². The van der Waals surface area contributed by atoms with Crippen LogP contribution in [0.15, 0.2) is 0 Å². The molecule has 0 aromatic heterocycles. The van der Waals surface area contributed by atoms with Gasteiger partial charge in [0.05, 0.1) is 0 Å². The van der Waals surface area contributed by atoms with Gasteiger partial charge in [0.15, 0.2) is 0 Å². The molecule has 1 saturated carbocycles. The lowest BCUT2D eigenvalue weighted by molar-refractivity contribution is 0.0602. The summed E-state index contributed by atoms with van der Waals surface area (Å²) < 4.78 is 5.29.